The van der Waals surface area contributed by atoms with E-state index in [4.69, 9.17) is 5.73 Å². The van der Waals surface area contributed by atoms with Crippen molar-refractivity contribution in [1.82, 2.24) is 10.6 Å². The molecule has 20 heavy (non-hydrogen) atoms. The van der Waals surface area contributed by atoms with E-state index in [0.717, 1.165) is 12.1 Å². The molecular weight excluding hydrogens is 268 g/mol. The highest BCUT2D eigenvalue weighted by molar-refractivity contribution is 5.94. The van der Waals surface area contributed by atoms with E-state index in [1.165, 1.54) is 6.07 Å². The van der Waals surface area contributed by atoms with Gasteiger partial charge in [0.1, 0.15) is 17.2 Å². The molecule has 0 heterocycles. The Labute approximate surface area is 114 Å². The molecule has 4 N–H and O–H groups in total. The van der Waals surface area contributed by atoms with Crippen LogP contribution in [0.5, 0.6) is 0 Å². The molecule has 0 bridgehead atoms. The monoisotopic (exact) mass is 283 g/mol. The zero-order valence-corrected chi connectivity index (χ0v) is 10.7. The quantitative estimate of drug-likeness (QED) is 0.680. The molecule has 1 aliphatic rings. The lowest BCUT2D eigenvalue weighted by Crippen LogP contribution is -2.45. The third kappa shape index (κ3) is 3.11. The average Bonchev–Trinajstić information content (AvgIpc) is 3.13. The molecule has 0 radical (unpaired) electrons. The van der Waals surface area contributed by atoms with Crippen LogP contribution in [0, 0.1) is 11.6 Å². The lowest BCUT2D eigenvalue weighted by Gasteiger charge is -2.11. The third-order valence-corrected chi connectivity index (χ3v) is 3.13. The van der Waals surface area contributed by atoms with Crippen LogP contribution in [0.4, 0.5) is 8.78 Å². The molecule has 1 fully saturated rings. The molecule has 0 saturated heterocycles. The summed E-state index contributed by atoms with van der Waals surface area (Å²) in [5.74, 6) is -2.98. The number of hydrogen-bond donors (Lipinski definition) is 3. The van der Waals surface area contributed by atoms with Crippen LogP contribution in [0.3, 0.4) is 0 Å². The maximum atomic E-state index is 13.3. The summed E-state index contributed by atoms with van der Waals surface area (Å²) in [5, 5.41) is 4.89. The Kier molecular flexibility index (Phi) is 3.99. The summed E-state index contributed by atoms with van der Waals surface area (Å²) in [4.78, 5) is 23.1. The van der Waals surface area contributed by atoms with Crippen LogP contribution in [-0.2, 0) is 4.79 Å². The maximum Gasteiger partial charge on any atom is 0.257 e. The van der Waals surface area contributed by atoms with Crippen molar-refractivity contribution >= 4 is 11.8 Å². The summed E-state index contributed by atoms with van der Waals surface area (Å²) in [5.41, 5.74) is 4.26. The molecule has 7 heteroatoms. The van der Waals surface area contributed by atoms with Crippen LogP contribution in [0.15, 0.2) is 18.2 Å². The Morgan fingerprint density at radius 1 is 1.15 bits per heavy atom. The van der Waals surface area contributed by atoms with Crippen molar-refractivity contribution in [2.45, 2.75) is 18.4 Å². The maximum absolute atomic E-state index is 13.3. The van der Waals surface area contributed by atoms with Gasteiger partial charge in [-0.1, -0.05) is 6.07 Å². The van der Waals surface area contributed by atoms with Crippen molar-refractivity contribution < 1.29 is 18.4 Å². The lowest BCUT2D eigenvalue weighted by atomic mass is 10.2. The van der Waals surface area contributed by atoms with E-state index in [1.807, 2.05) is 0 Å². The number of rotatable bonds is 5. The largest absolute Gasteiger partial charge is 0.353 e. The Bertz CT molecular complexity index is 524. The molecule has 1 saturated carbocycles. The SMILES string of the molecule is NC1(C(=O)NCCNC(=O)c2c(F)cccc2F)CC1. The van der Waals surface area contributed by atoms with E-state index >= 15 is 0 Å². The normalized spacial score (nSPS) is 15.6. The fraction of sp³-hybridized carbons (Fsp3) is 0.385. The van der Waals surface area contributed by atoms with E-state index in [9.17, 15) is 18.4 Å². The number of benzene rings is 1. The van der Waals surface area contributed by atoms with E-state index in [2.05, 4.69) is 10.6 Å². The first kappa shape index (κ1) is 14.4. The lowest BCUT2D eigenvalue weighted by molar-refractivity contribution is -0.123. The van der Waals surface area contributed by atoms with Crippen LogP contribution >= 0.6 is 0 Å². The Hall–Kier alpha value is -2.02. The Morgan fingerprint density at radius 3 is 2.25 bits per heavy atom. The number of halogens is 2. The zero-order valence-electron chi connectivity index (χ0n) is 10.7. The number of hydrogen-bond acceptors (Lipinski definition) is 3. The zero-order chi connectivity index (χ0) is 14.8. The number of nitrogens with one attached hydrogen (secondary N) is 2. The summed E-state index contributed by atoms with van der Waals surface area (Å²) in [6.07, 6.45) is 1.29. The second kappa shape index (κ2) is 5.54. The highest BCUT2D eigenvalue weighted by atomic mass is 19.1. The number of carbonyl (C=O) groups is 2. The van der Waals surface area contributed by atoms with Gasteiger partial charge in [-0.2, -0.15) is 0 Å². The van der Waals surface area contributed by atoms with Gasteiger partial charge < -0.3 is 16.4 Å². The Balaban J connectivity index is 1.79. The molecule has 0 atom stereocenters. The van der Waals surface area contributed by atoms with Gasteiger partial charge in [-0.15, -0.1) is 0 Å². The van der Waals surface area contributed by atoms with Crippen molar-refractivity contribution in [3.05, 3.63) is 35.4 Å². The predicted octanol–water partition coefficient (Wildman–Crippen LogP) is 0.302. The van der Waals surface area contributed by atoms with Crippen molar-refractivity contribution in [3.63, 3.8) is 0 Å². The second-order valence-corrected chi connectivity index (χ2v) is 4.76. The highest BCUT2D eigenvalue weighted by Crippen LogP contribution is 2.31. The van der Waals surface area contributed by atoms with E-state index < -0.39 is 28.6 Å². The summed E-state index contributed by atoms with van der Waals surface area (Å²) in [7, 11) is 0. The van der Waals surface area contributed by atoms with Gasteiger partial charge in [0.25, 0.3) is 5.91 Å². The molecule has 1 aliphatic carbocycles. The van der Waals surface area contributed by atoms with Crippen LogP contribution in [0.1, 0.15) is 23.2 Å². The summed E-state index contributed by atoms with van der Waals surface area (Å²) >= 11 is 0. The smallest absolute Gasteiger partial charge is 0.257 e. The fourth-order valence-electron chi connectivity index (χ4n) is 1.69. The molecule has 0 aromatic heterocycles. The van der Waals surface area contributed by atoms with Crippen LogP contribution in [0.25, 0.3) is 0 Å². The first-order valence-corrected chi connectivity index (χ1v) is 6.23. The van der Waals surface area contributed by atoms with Crippen molar-refractivity contribution in [1.29, 1.82) is 0 Å². The fourth-order valence-corrected chi connectivity index (χ4v) is 1.69. The molecule has 2 rings (SSSR count). The molecule has 1 aromatic rings. The molecule has 0 spiro atoms. The molecule has 108 valence electrons. The van der Waals surface area contributed by atoms with Gasteiger partial charge in [-0.05, 0) is 25.0 Å². The number of carbonyl (C=O) groups excluding carboxylic acids is 2. The molecule has 0 aliphatic heterocycles. The minimum atomic E-state index is -0.926. The highest BCUT2D eigenvalue weighted by Gasteiger charge is 2.45. The van der Waals surface area contributed by atoms with Crippen LogP contribution in [0.2, 0.25) is 0 Å². The van der Waals surface area contributed by atoms with Gasteiger partial charge in [0, 0.05) is 13.1 Å². The van der Waals surface area contributed by atoms with Gasteiger partial charge in [0.2, 0.25) is 5.91 Å². The third-order valence-electron chi connectivity index (χ3n) is 3.13. The number of nitrogens with two attached hydrogens (primary N) is 1. The van der Waals surface area contributed by atoms with E-state index in [1.54, 1.807) is 0 Å². The van der Waals surface area contributed by atoms with Crippen molar-refractivity contribution in [2.24, 2.45) is 5.73 Å². The summed E-state index contributed by atoms with van der Waals surface area (Å²) in [6.45, 7) is 0.216. The van der Waals surface area contributed by atoms with Crippen LogP contribution in [-0.4, -0.2) is 30.4 Å². The predicted molar refractivity (Wildman–Crippen MR) is 67.9 cm³/mol. The van der Waals surface area contributed by atoms with Gasteiger partial charge in [0.15, 0.2) is 0 Å². The molecule has 5 nitrogen and oxygen atoms in total. The average molecular weight is 283 g/mol. The molecule has 2 amide bonds. The van der Waals surface area contributed by atoms with Gasteiger partial charge in [0.05, 0.1) is 5.54 Å². The molecule has 0 unspecified atom stereocenters. The number of amides is 2. The van der Waals surface area contributed by atoms with Crippen molar-refractivity contribution in [2.75, 3.05) is 13.1 Å². The topological polar surface area (TPSA) is 84.2 Å². The second-order valence-electron chi connectivity index (χ2n) is 4.76. The van der Waals surface area contributed by atoms with Crippen LogP contribution < -0.4 is 16.4 Å². The first-order chi connectivity index (χ1) is 9.44. The van der Waals surface area contributed by atoms with Crippen molar-refractivity contribution in [3.8, 4) is 0 Å². The molecular formula is C13H15F2N3O2. The van der Waals surface area contributed by atoms with E-state index in [-0.39, 0.29) is 19.0 Å². The first-order valence-electron chi connectivity index (χ1n) is 6.23. The minimum Gasteiger partial charge on any atom is -0.353 e. The van der Waals surface area contributed by atoms with Gasteiger partial charge in [-0.3, -0.25) is 9.59 Å². The summed E-state index contributed by atoms with van der Waals surface area (Å²) in [6, 6.07) is 3.19. The van der Waals surface area contributed by atoms with E-state index in [0.29, 0.717) is 12.8 Å². The van der Waals surface area contributed by atoms with Gasteiger partial charge in [-0.25, -0.2) is 8.78 Å². The minimum absolute atomic E-state index is 0.0639. The Morgan fingerprint density at radius 2 is 1.70 bits per heavy atom. The standard InChI is InChI=1S/C13H15F2N3O2/c14-8-2-1-3-9(15)10(8)11(19)17-6-7-18-12(20)13(16)4-5-13/h1-3H,4-7,16H2,(H,17,19)(H,18,20). The summed E-state index contributed by atoms with van der Waals surface area (Å²) < 4.78 is 26.6. The van der Waals surface area contributed by atoms with Gasteiger partial charge >= 0.3 is 0 Å². The molecule has 1 aromatic carbocycles.